The Hall–Kier alpha value is -3.82. The van der Waals surface area contributed by atoms with E-state index in [2.05, 4.69) is 0 Å². The number of benzene rings is 3. The van der Waals surface area contributed by atoms with E-state index >= 15 is 0 Å². The third-order valence-corrected chi connectivity index (χ3v) is 6.94. The molecule has 1 fully saturated rings. The normalized spacial score (nSPS) is 15.8. The largest absolute Gasteiger partial charge is 0.494 e. The molecule has 8 nitrogen and oxygen atoms in total. The summed E-state index contributed by atoms with van der Waals surface area (Å²) >= 11 is 0. The van der Waals surface area contributed by atoms with Crippen molar-refractivity contribution in [2.24, 2.45) is 0 Å². The highest BCUT2D eigenvalue weighted by molar-refractivity contribution is 6.62. The molecular formula is C28H31BN2O6. The molecular weight excluding hydrogens is 471 g/mol. The first kappa shape index (κ1) is 26.3. The van der Waals surface area contributed by atoms with Crippen molar-refractivity contribution in [2.45, 2.75) is 52.0 Å². The number of hydrogen-bond acceptors (Lipinski definition) is 4. The van der Waals surface area contributed by atoms with Crippen LogP contribution in [-0.2, 0) is 22.4 Å². The molecule has 1 heterocycles. The smallest absolute Gasteiger partial charge is 0.465 e. The second-order valence-electron chi connectivity index (χ2n) is 10.0. The van der Waals surface area contributed by atoms with Gasteiger partial charge in [0.25, 0.3) is 0 Å². The van der Waals surface area contributed by atoms with Crippen molar-refractivity contribution in [1.82, 2.24) is 0 Å². The summed E-state index contributed by atoms with van der Waals surface area (Å²) in [4.78, 5) is 27.3. The lowest BCUT2D eigenvalue weighted by atomic mass is 9.78. The number of anilines is 2. The Balaban J connectivity index is 1.81. The van der Waals surface area contributed by atoms with Crippen LogP contribution >= 0.6 is 0 Å². The minimum atomic E-state index is -1.21. The molecule has 1 saturated heterocycles. The topological polar surface area (TPSA) is 99.5 Å². The van der Waals surface area contributed by atoms with E-state index in [0.717, 1.165) is 20.9 Å². The van der Waals surface area contributed by atoms with Crippen LogP contribution in [0.3, 0.4) is 0 Å². The number of amides is 2. The van der Waals surface area contributed by atoms with Gasteiger partial charge < -0.3 is 19.5 Å². The van der Waals surface area contributed by atoms with Crippen LogP contribution in [0.15, 0.2) is 78.9 Å². The van der Waals surface area contributed by atoms with Gasteiger partial charge in [0.15, 0.2) is 0 Å². The lowest BCUT2D eigenvalue weighted by Crippen LogP contribution is -2.41. The maximum absolute atomic E-state index is 12.5. The molecule has 1 aliphatic rings. The molecule has 0 unspecified atom stereocenters. The van der Waals surface area contributed by atoms with E-state index in [1.165, 1.54) is 0 Å². The molecule has 0 radical (unpaired) electrons. The molecule has 0 saturated carbocycles. The number of carboxylic acid groups (broad SMARTS) is 2. The van der Waals surface area contributed by atoms with Crippen molar-refractivity contribution in [3.63, 3.8) is 0 Å². The van der Waals surface area contributed by atoms with Gasteiger partial charge in [0.05, 0.1) is 35.7 Å². The minimum Gasteiger partial charge on any atom is -0.465 e. The SMILES string of the molecule is CC1(C)OB(c2ccc(N(Cc3ccccc3)C(=O)O)c(N(Cc3ccccc3)C(=O)O)c2)OC1(C)C. The number of hydrogen-bond donors (Lipinski definition) is 2. The first-order chi connectivity index (χ1) is 17.5. The molecule has 3 aromatic rings. The van der Waals surface area contributed by atoms with E-state index in [9.17, 15) is 19.8 Å². The summed E-state index contributed by atoms with van der Waals surface area (Å²) in [6.07, 6.45) is -2.40. The van der Waals surface area contributed by atoms with Gasteiger partial charge in [-0.05, 0) is 56.4 Å². The van der Waals surface area contributed by atoms with Crippen molar-refractivity contribution in [1.29, 1.82) is 0 Å². The van der Waals surface area contributed by atoms with Gasteiger partial charge >= 0.3 is 19.3 Å². The molecule has 3 aromatic carbocycles. The number of rotatable bonds is 7. The van der Waals surface area contributed by atoms with Gasteiger partial charge in [-0.25, -0.2) is 9.59 Å². The van der Waals surface area contributed by atoms with Crippen LogP contribution in [0.25, 0.3) is 0 Å². The van der Waals surface area contributed by atoms with Crippen molar-refractivity contribution < 1.29 is 29.1 Å². The van der Waals surface area contributed by atoms with Crippen LogP contribution in [0.2, 0.25) is 0 Å². The third-order valence-electron chi connectivity index (χ3n) is 6.94. The Morgan fingerprint density at radius 1 is 0.703 bits per heavy atom. The monoisotopic (exact) mass is 502 g/mol. The van der Waals surface area contributed by atoms with Crippen molar-refractivity contribution in [3.05, 3.63) is 90.0 Å². The van der Waals surface area contributed by atoms with Gasteiger partial charge in [0.1, 0.15) is 0 Å². The quantitative estimate of drug-likeness (QED) is 0.423. The second-order valence-corrected chi connectivity index (χ2v) is 10.0. The molecule has 0 bridgehead atoms. The van der Waals surface area contributed by atoms with Crippen molar-refractivity contribution >= 4 is 36.1 Å². The lowest BCUT2D eigenvalue weighted by molar-refractivity contribution is 0.00578. The fourth-order valence-electron chi connectivity index (χ4n) is 4.15. The van der Waals surface area contributed by atoms with E-state index in [4.69, 9.17) is 9.31 Å². The first-order valence-corrected chi connectivity index (χ1v) is 12.1. The van der Waals surface area contributed by atoms with Crippen LogP contribution in [0, 0.1) is 0 Å². The molecule has 192 valence electrons. The summed E-state index contributed by atoms with van der Waals surface area (Å²) in [7, 11) is -0.738. The molecule has 2 N–H and O–H groups in total. The Bertz CT molecular complexity index is 1250. The summed E-state index contributed by atoms with van der Waals surface area (Å²) in [5.41, 5.74) is 1.43. The predicted octanol–water partition coefficient (Wildman–Crippen LogP) is 5.36. The van der Waals surface area contributed by atoms with Gasteiger partial charge in [-0.2, -0.15) is 0 Å². The van der Waals surface area contributed by atoms with Gasteiger partial charge in [-0.15, -0.1) is 0 Å². The van der Waals surface area contributed by atoms with E-state index in [1.807, 2.05) is 88.4 Å². The molecule has 0 spiro atoms. The molecule has 9 heteroatoms. The van der Waals surface area contributed by atoms with Gasteiger partial charge in [0, 0.05) is 0 Å². The maximum Gasteiger partial charge on any atom is 0.494 e. The van der Waals surface area contributed by atoms with Crippen LogP contribution in [0.4, 0.5) is 21.0 Å². The lowest BCUT2D eigenvalue weighted by Gasteiger charge is -2.32. The van der Waals surface area contributed by atoms with Crippen LogP contribution < -0.4 is 15.3 Å². The highest BCUT2D eigenvalue weighted by Crippen LogP contribution is 2.38. The van der Waals surface area contributed by atoms with Gasteiger partial charge in [-0.1, -0.05) is 66.7 Å². The summed E-state index contributed by atoms with van der Waals surface area (Å²) < 4.78 is 12.4. The van der Waals surface area contributed by atoms with Gasteiger partial charge in [0.2, 0.25) is 0 Å². The molecule has 0 aromatic heterocycles. The van der Waals surface area contributed by atoms with E-state index in [1.54, 1.807) is 18.2 Å². The molecule has 37 heavy (non-hydrogen) atoms. The maximum atomic E-state index is 12.5. The Morgan fingerprint density at radius 2 is 1.14 bits per heavy atom. The molecule has 0 atom stereocenters. The highest BCUT2D eigenvalue weighted by Gasteiger charge is 2.52. The van der Waals surface area contributed by atoms with Crippen molar-refractivity contribution in [3.8, 4) is 0 Å². The van der Waals surface area contributed by atoms with E-state index in [0.29, 0.717) is 5.46 Å². The first-order valence-electron chi connectivity index (χ1n) is 12.1. The van der Waals surface area contributed by atoms with Crippen LogP contribution in [0.1, 0.15) is 38.8 Å². The average molecular weight is 502 g/mol. The molecule has 1 aliphatic heterocycles. The molecule has 4 rings (SSSR count). The van der Waals surface area contributed by atoms with E-state index in [-0.39, 0.29) is 24.5 Å². The highest BCUT2D eigenvalue weighted by atomic mass is 16.7. The Labute approximate surface area is 217 Å². The Kier molecular flexibility index (Phi) is 7.29. The minimum absolute atomic E-state index is 0.0365. The average Bonchev–Trinajstić information content (AvgIpc) is 3.08. The van der Waals surface area contributed by atoms with Crippen LogP contribution in [0.5, 0.6) is 0 Å². The zero-order chi connectivity index (χ0) is 26.8. The van der Waals surface area contributed by atoms with Crippen molar-refractivity contribution in [2.75, 3.05) is 9.80 Å². The standard InChI is InChI=1S/C28H31BN2O6/c1-27(2)28(3,4)37-29(36-27)22-15-16-23(30(25(32)33)18-20-11-7-5-8-12-20)24(17-22)31(26(34)35)19-21-13-9-6-10-14-21/h5-17H,18-19H2,1-4H3,(H,32,33)(H,34,35). The summed E-state index contributed by atoms with van der Waals surface area (Å²) in [6, 6.07) is 23.3. The van der Waals surface area contributed by atoms with E-state index < -0.39 is 30.5 Å². The predicted molar refractivity (Wildman–Crippen MR) is 143 cm³/mol. The summed E-state index contributed by atoms with van der Waals surface area (Å²) in [5.74, 6) is 0. The third kappa shape index (κ3) is 5.63. The summed E-state index contributed by atoms with van der Waals surface area (Å²) in [6.45, 7) is 7.84. The Morgan fingerprint density at radius 3 is 1.57 bits per heavy atom. The van der Waals surface area contributed by atoms with Gasteiger partial charge in [-0.3, -0.25) is 9.80 Å². The zero-order valence-electron chi connectivity index (χ0n) is 21.4. The number of carbonyl (C=O) groups is 2. The molecule has 0 aliphatic carbocycles. The fourth-order valence-corrected chi connectivity index (χ4v) is 4.15. The summed E-state index contributed by atoms with van der Waals surface area (Å²) in [5, 5.41) is 20.4. The second kappa shape index (κ2) is 10.3. The molecule has 2 amide bonds. The van der Waals surface area contributed by atoms with Crippen LogP contribution in [-0.4, -0.2) is 40.7 Å². The zero-order valence-corrected chi connectivity index (χ0v) is 21.4. The number of nitrogens with zero attached hydrogens (tertiary/aromatic N) is 2. The fraction of sp³-hybridized carbons (Fsp3) is 0.286.